The molecule has 6 nitrogen and oxygen atoms in total. The summed E-state index contributed by atoms with van der Waals surface area (Å²) in [6, 6.07) is 9.04. The van der Waals surface area contributed by atoms with Gasteiger partial charge in [0.25, 0.3) is 5.56 Å². The third-order valence-corrected chi connectivity index (χ3v) is 7.97. The second-order valence-corrected chi connectivity index (χ2v) is 10.4. The maximum atomic E-state index is 13.5. The summed E-state index contributed by atoms with van der Waals surface area (Å²) in [7, 11) is 0. The Bertz CT molecular complexity index is 1250. The molecular weight excluding hydrogens is 428 g/mol. The van der Waals surface area contributed by atoms with Gasteiger partial charge in [0, 0.05) is 16.6 Å². The first-order valence-corrected chi connectivity index (χ1v) is 12.1. The molecule has 0 bridgehead atoms. The van der Waals surface area contributed by atoms with Gasteiger partial charge in [-0.05, 0) is 57.4 Å². The number of amides is 1. The Kier molecular flexibility index (Phi) is 6.17. The van der Waals surface area contributed by atoms with E-state index in [9.17, 15) is 9.59 Å². The average Bonchev–Trinajstić information content (AvgIpc) is 3.36. The number of carbonyl (C=O) groups excluding carboxylic acids is 1. The molecule has 8 heteroatoms. The Hall–Kier alpha value is -2.63. The molecule has 1 atom stereocenters. The number of aromatic nitrogens is 2. The van der Waals surface area contributed by atoms with Gasteiger partial charge in [0.2, 0.25) is 5.91 Å². The summed E-state index contributed by atoms with van der Waals surface area (Å²) in [6.45, 7) is 5.81. The van der Waals surface area contributed by atoms with Crippen LogP contribution in [0.4, 0.5) is 5.69 Å². The van der Waals surface area contributed by atoms with Crippen molar-refractivity contribution in [3.8, 4) is 6.07 Å². The van der Waals surface area contributed by atoms with Gasteiger partial charge in [0.15, 0.2) is 5.16 Å². The zero-order chi connectivity index (χ0) is 22.1. The van der Waals surface area contributed by atoms with Crippen LogP contribution in [0.1, 0.15) is 54.7 Å². The summed E-state index contributed by atoms with van der Waals surface area (Å²) in [6.07, 6.45) is 4.13. The minimum Gasteiger partial charge on any atom is -0.325 e. The number of thioether (sulfide) groups is 1. The van der Waals surface area contributed by atoms with Gasteiger partial charge < -0.3 is 5.32 Å². The van der Waals surface area contributed by atoms with Crippen LogP contribution >= 0.6 is 23.1 Å². The number of benzene rings is 1. The lowest BCUT2D eigenvalue weighted by Crippen LogP contribution is -2.29. The highest BCUT2D eigenvalue weighted by atomic mass is 32.2. The largest absolute Gasteiger partial charge is 0.325 e. The van der Waals surface area contributed by atoms with Gasteiger partial charge in [0.05, 0.1) is 22.3 Å². The normalized spacial score (nSPS) is 15.2. The maximum Gasteiger partial charge on any atom is 0.263 e. The first-order valence-electron chi connectivity index (χ1n) is 10.4. The van der Waals surface area contributed by atoms with E-state index in [1.165, 1.54) is 23.1 Å². The van der Waals surface area contributed by atoms with Crippen LogP contribution in [-0.4, -0.2) is 20.7 Å². The molecule has 1 N–H and O–H groups in total. The molecule has 0 saturated heterocycles. The van der Waals surface area contributed by atoms with Crippen molar-refractivity contribution in [2.75, 3.05) is 5.32 Å². The summed E-state index contributed by atoms with van der Waals surface area (Å²) in [5, 5.41) is 12.8. The van der Waals surface area contributed by atoms with Gasteiger partial charge in [-0.2, -0.15) is 5.26 Å². The number of nitrogens with zero attached hydrogens (tertiary/aromatic N) is 3. The highest BCUT2D eigenvalue weighted by Gasteiger charge is 2.27. The van der Waals surface area contributed by atoms with Crippen molar-refractivity contribution in [1.29, 1.82) is 5.26 Å². The number of fused-ring (bicyclic) bond motifs is 1. The average molecular weight is 453 g/mol. The topological polar surface area (TPSA) is 87.8 Å². The van der Waals surface area contributed by atoms with Gasteiger partial charge in [-0.25, -0.2) is 4.98 Å². The van der Waals surface area contributed by atoms with Gasteiger partial charge in [-0.3, -0.25) is 14.2 Å². The summed E-state index contributed by atoms with van der Waals surface area (Å²) in [5.41, 5.74) is 2.08. The quantitative estimate of drug-likeness (QED) is 0.426. The molecule has 0 spiro atoms. The number of nitriles is 1. The Morgan fingerprint density at radius 2 is 2.10 bits per heavy atom. The number of hydrogen-bond donors (Lipinski definition) is 1. The van der Waals surface area contributed by atoms with Crippen LogP contribution in [-0.2, 0) is 4.79 Å². The fourth-order valence-corrected chi connectivity index (χ4v) is 6.03. The summed E-state index contributed by atoms with van der Waals surface area (Å²) in [5.74, 6) is -0.189. The predicted molar refractivity (Wildman–Crippen MR) is 126 cm³/mol. The van der Waals surface area contributed by atoms with Crippen LogP contribution in [0.25, 0.3) is 10.2 Å². The summed E-state index contributed by atoms with van der Waals surface area (Å²) >= 11 is 2.85. The molecule has 1 fully saturated rings. The molecule has 160 valence electrons. The molecule has 1 amide bonds. The Morgan fingerprint density at radius 1 is 1.35 bits per heavy atom. The first-order chi connectivity index (χ1) is 14.9. The van der Waals surface area contributed by atoms with Crippen molar-refractivity contribution in [3.05, 3.63) is 50.6 Å². The molecule has 3 aromatic rings. The predicted octanol–water partition coefficient (Wildman–Crippen LogP) is 5.18. The molecule has 1 unspecified atom stereocenters. The number of rotatable bonds is 5. The van der Waals surface area contributed by atoms with E-state index in [0.717, 1.165) is 41.0 Å². The van der Waals surface area contributed by atoms with Crippen LogP contribution in [0.5, 0.6) is 0 Å². The SMILES string of the molecule is Cc1sc2nc(SC(C)C(=O)Nc3cccc(C#N)c3)n(C3CCCC3)c(=O)c2c1C. The van der Waals surface area contributed by atoms with Crippen LogP contribution < -0.4 is 10.9 Å². The second-order valence-electron chi connectivity index (χ2n) is 7.91. The van der Waals surface area contributed by atoms with Crippen molar-refractivity contribution < 1.29 is 4.79 Å². The van der Waals surface area contributed by atoms with Crippen LogP contribution in [0.2, 0.25) is 0 Å². The molecule has 1 aromatic carbocycles. The number of aryl methyl sites for hydroxylation is 2. The van der Waals surface area contributed by atoms with Crippen LogP contribution in [0, 0.1) is 25.2 Å². The highest BCUT2D eigenvalue weighted by molar-refractivity contribution is 8.00. The summed E-state index contributed by atoms with van der Waals surface area (Å²) in [4.78, 5) is 33.0. The third-order valence-electron chi connectivity index (χ3n) is 5.80. The van der Waals surface area contributed by atoms with Crippen molar-refractivity contribution >= 4 is 44.9 Å². The molecular formula is C23H24N4O2S2. The van der Waals surface area contributed by atoms with E-state index < -0.39 is 5.25 Å². The van der Waals surface area contributed by atoms with E-state index in [1.54, 1.807) is 24.3 Å². The molecule has 1 saturated carbocycles. The van der Waals surface area contributed by atoms with E-state index in [4.69, 9.17) is 10.2 Å². The van der Waals surface area contributed by atoms with Crippen molar-refractivity contribution in [1.82, 2.24) is 9.55 Å². The zero-order valence-electron chi connectivity index (χ0n) is 17.8. The van der Waals surface area contributed by atoms with E-state index in [1.807, 2.05) is 25.3 Å². The lowest BCUT2D eigenvalue weighted by Gasteiger charge is -2.20. The molecule has 2 heterocycles. The van der Waals surface area contributed by atoms with Crippen LogP contribution in [0.3, 0.4) is 0 Å². The third kappa shape index (κ3) is 4.25. The van der Waals surface area contributed by atoms with Crippen molar-refractivity contribution in [2.45, 2.75) is 62.9 Å². The van der Waals surface area contributed by atoms with E-state index >= 15 is 0 Å². The number of nitrogens with one attached hydrogen (secondary N) is 1. The maximum absolute atomic E-state index is 13.5. The monoisotopic (exact) mass is 452 g/mol. The molecule has 1 aliphatic rings. The fourth-order valence-electron chi connectivity index (χ4n) is 3.98. The molecule has 0 radical (unpaired) electrons. The molecule has 31 heavy (non-hydrogen) atoms. The van der Waals surface area contributed by atoms with Crippen molar-refractivity contribution in [3.63, 3.8) is 0 Å². The van der Waals surface area contributed by atoms with Crippen LogP contribution in [0.15, 0.2) is 34.2 Å². The Balaban J connectivity index is 1.66. The Labute approximate surface area is 189 Å². The van der Waals surface area contributed by atoms with Gasteiger partial charge >= 0.3 is 0 Å². The number of thiophene rings is 1. The van der Waals surface area contributed by atoms with Gasteiger partial charge in [0.1, 0.15) is 4.83 Å². The van der Waals surface area contributed by atoms with Gasteiger partial charge in [-0.15, -0.1) is 11.3 Å². The number of anilines is 1. The number of carbonyl (C=O) groups is 1. The fraction of sp³-hybridized carbons (Fsp3) is 0.391. The molecule has 1 aliphatic carbocycles. The zero-order valence-corrected chi connectivity index (χ0v) is 19.4. The van der Waals surface area contributed by atoms with E-state index in [-0.39, 0.29) is 17.5 Å². The molecule has 0 aliphatic heterocycles. The Morgan fingerprint density at radius 3 is 2.81 bits per heavy atom. The van der Waals surface area contributed by atoms with E-state index in [2.05, 4.69) is 11.4 Å². The lowest BCUT2D eigenvalue weighted by molar-refractivity contribution is -0.115. The summed E-state index contributed by atoms with van der Waals surface area (Å²) < 4.78 is 1.83. The molecule has 4 rings (SSSR count). The lowest BCUT2D eigenvalue weighted by atomic mass is 10.2. The number of hydrogen-bond acceptors (Lipinski definition) is 6. The highest BCUT2D eigenvalue weighted by Crippen LogP contribution is 2.35. The molecule has 2 aromatic heterocycles. The smallest absolute Gasteiger partial charge is 0.263 e. The van der Waals surface area contributed by atoms with Crippen molar-refractivity contribution in [2.24, 2.45) is 0 Å². The first kappa shape index (κ1) is 21.6. The standard InChI is InChI=1S/C23H24N4O2S2/c1-13-14(2)30-21-19(13)22(29)27(18-9-4-5-10-18)23(26-21)31-15(3)20(28)25-17-8-6-7-16(11-17)12-24/h6-8,11,15,18H,4-5,9-10H2,1-3H3,(H,25,28). The van der Waals surface area contributed by atoms with E-state index in [0.29, 0.717) is 21.8 Å². The minimum atomic E-state index is -0.454. The second kappa shape index (κ2) is 8.85. The minimum absolute atomic E-state index is 0.00980. The van der Waals surface area contributed by atoms with Gasteiger partial charge in [-0.1, -0.05) is 30.7 Å².